The van der Waals surface area contributed by atoms with Crippen LogP contribution >= 0.6 is 23.2 Å². The van der Waals surface area contributed by atoms with Crippen molar-refractivity contribution in [2.24, 2.45) is 5.92 Å². The Kier molecular flexibility index (Phi) is 5.96. The first-order valence-electron chi connectivity index (χ1n) is 7.67. The molecule has 0 bridgehead atoms. The Balaban J connectivity index is 2.20. The van der Waals surface area contributed by atoms with Crippen molar-refractivity contribution in [3.05, 3.63) is 33.8 Å². The van der Waals surface area contributed by atoms with Crippen LogP contribution in [0.1, 0.15) is 38.2 Å². The first-order valence-corrected chi connectivity index (χ1v) is 8.43. The lowest BCUT2D eigenvalue weighted by Gasteiger charge is -2.44. The summed E-state index contributed by atoms with van der Waals surface area (Å²) in [5, 5.41) is 4.73. The van der Waals surface area contributed by atoms with E-state index in [1.54, 1.807) is 0 Å². The molecule has 0 aliphatic heterocycles. The van der Waals surface area contributed by atoms with Crippen LogP contribution in [0.3, 0.4) is 0 Å². The van der Waals surface area contributed by atoms with Crippen LogP contribution in [0, 0.1) is 5.92 Å². The standard InChI is InChI=1S/C17H25Cl2NO/c1-12-7-9-17(21-3,10-8-12)15(20-2)11-13-5-4-6-14(18)16(13)19/h4-6,12,15,20H,7-11H2,1-3H3. The fourth-order valence-corrected chi connectivity index (χ4v) is 3.82. The average molecular weight is 330 g/mol. The molecule has 1 unspecified atom stereocenters. The molecule has 1 aliphatic carbocycles. The van der Waals surface area contributed by atoms with Crippen molar-refractivity contribution in [2.75, 3.05) is 14.2 Å². The molecule has 2 rings (SSSR count). The third-order valence-electron chi connectivity index (χ3n) is 4.97. The van der Waals surface area contributed by atoms with Crippen LogP contribution in [0.4, 0.5) is 0 Å². The van der Waals surface area contributed by atoms with Crippen LogP contribution in [0.15, 0.2) is 18.2 Å². The SMILES string of the molecule is CNC(Cc1cccc(Cl)c1Cl)C1(OC)CCC(C)CC1. The van der Waals surface area contributed by atoms with Crippen molar-refractivity contribution in [2.45, 2.75) is 50.7 Å². The Morgan fingerprint density at radius 1 is 1.33 bits per heavy atom. The summed E-state index contributed by atoms with van der Waals surface area (Å²) in [7, 11) is 3.84. The van der Waals surface area contributed by atoms with Gasteiger partial charge < -0.3 is 10.1 Å². The average Bonchev–Trinajstić information content (AvgIpc) is 2.50. The summed E-state index contributed by atoms with van der Waals surface area (Å²) < 4.78 is 5.98. The second-order valence-electron chi connectivity index (χ2n) is 6.21. The van der Waals surface area contributed by atoms with Gasteiger partial charge in [-0.3, -0.25) is 0 Å². The molecule has 4 heteroatoms. The molecule has 0 aromatic heterocycles. The molecule has 118 valence electrons. The van der Waals surface area contributed by atoms with E-state index in [4.69, 9.17) is 27.9 Å². The summed E-state index contributed by atoms with van der Waals surface area (Å²) in [4.78, 5) is 0. The molecule has 1 N–H and O–H groups in total. The van der Waals surface area contributed by atoms with Gasteiger partial charge in [-0.25, -0.2) is 0 Å². The normalized spacial score (nSPS) is 27.6. The molecule has 0 radical (unpaired) electrons. The second-order valence-corrected chi connectivity index (χ2v) is 6.99. The van der Waals surface area contributed by atoms with Crippen LogP contribution in [0.2, 0.25) is 10.0 Å². The van der Waals surface area contributed by atoms with Gasteiger partial charge in [0.25, 0.3) is 0 Å². The van der Waals surface area contributed by atoms with Gasteiger partial charge in [0, 0.05) is 13.2 Å². The van der Waals surface area contributed by atoms with E-state index in [2.05, 4.69) is 12.2 Å². The van der Waals surface area contributed by atoms with Crippen LogP contribution in [0.25, 0.3) is 0 Å². The molecule has 0 amide bonds. The Labute approximate surface area is 138 Å². The molecule has 1 aromatic carbocycles. The molecular formula is C17H25Cl2NO. The number of benzene rings is 1. The summed E-state index contributed by atoms with van der Waals surface area (Å²) in [6.07, 6.45) is 5.45. The van der Waals surface area contributed by atoms with Gasteiger partial charge in [-0.15, -0.1) is 0 Å². The summed E-state index contributed by atoms with van der Waals surface area (Å²) in [5.74, 6) is 0.792. The van der Waals surface area contributed by atoms with Gasteiger partial charge >= 0.3 is 0 Å². The van der Waals surface area contributed by atoms with Crippen LogP contribution in [-0.2, 0) is 11.2 Å². The van der Waals surface area contributed by atoms with E-state index in [0.29, 0.717) is 10.0 Å². The van der Waals surface area contributed by atoms with Gasteiger partial charge in [-0.05, 0) is 56.7 Å². The maximum absolute atomic E-state index is 6.34. The predicted molar refractivity (Wildman–Crippen MR) is 90.4 cm³/mol. The first-order chi connectivity index (χ1) is 10.0. The highest BCUT2D eigenvalue weighted by molar-refractivity contribution is 6.42. The van der Waals surface area contributed by atoms with Crippen LogP contribution in [-0.4, -0.2) is 25.8 Å². The lowest BCUT2D eigenvalue weighted by molar-refractivity contribution is -0.0730. The maximum Gasteiger partial charge on any atom is 0.0834 e. The van der Waals surface area contributed by atoms with Gasteiger partial charge in [0.15, 0.2) is 0 Å². The van der Waals surface area contributed by atoms with E-state index in [1.165, 1.54) is 12.8 Å². The van der Waals surface area contributed by atoms with Gasteiger partial charge in [-0.2, -0.15) is 0 Å². The van der Waals surface area contributed by atoms with E-state index < -0.39 is 0 Å². The number of rotatable bonds is 5. The third-order valence-corrected chi connectivity index (χ3v) is 5.82. The third kappa shape index (κ3) is 3.73. The fraction of sp³-hybridized carbons (Fsp3) is 0.647. The Hall–Kier alpha value is -0.280. The quantitative estimate of drug-likeness (QED) is 0.843. The van der Waals surface area contributed by atoms with Crippen LogP contribution < -0.4 is 5.32 Å². The van der Waals surface area contributed by atoms with Crippen molar-refractivity contribution in [3.8, 4) is 0 Å². The summed E-state index contributed by atoms with van der Waals surface area (Å²) in [6.45, 7) is 2.32. The zero-order valence-electron chi connectivity index (χ0n) is 13.1. The molecule has 0 spiro atoms. The molecule has 1 atom stereocenters. The van der Waals surface area contributed by atoms with Gasteiger partial charge in [-0.1, -0.05) is 42.3 Å². The Morgan fingerprint density at radius 3 is 2.57 bits per heavy atom. The largest absolute Gasteiger partial charge is 0.377 e. The number of hydrogen-bond acceptors (Lipinski definition) is 2. The molecule has 1 aromatic rings. The number of halogens is 2. The van der Waals surface area contributed by atoms with Crippen LogP contribution in [0.5, 0.6) is 0 Å². The minimum atomic E-state index is -0.104. The van der Waals surface area contributed by atoms with E-state index in [1.807, 2.05) is 32.4 Å². The minimum absolute atomic E-state index is 0.104. The summed E-state index contributed by atoms with van der Waals surface area (Å²) >= 11 is 12.5. The maximum atomic E-state index is 6.34. The highest BCUT2D eigenvalue weighted by Crippen LogP contribution is 2.38. The number of nitrogens with one attached hydrogen (secondary N) is 1. The molecule has 2 nitrogen and oxygen atoms in total. The topological polar surface area (TPSA) is 21.3 Å². The van der Waals surface area contributed by atoms with Crippen molar-refractivity contribution in [1.29, 1.82) is 0 Å². The highest BCUT2D eigenvalue weighted by Gasteiger charge is 2.41. The van der Waals surface area contributed by atoms with Crippen molar-refractivity contribution >= 4 is 23.2 Å². The lowest BCUT2D eigenvalue weighted by atomic mass is 9.74. The molecule has 1 saturated carbocycles. The number of ether oxygens (including phenoxy) is 1. The molecule has 0 heterocycles. The van der Waals surface area contributed by atoms with E-state index in [9.17, 15) is 0 Å². The Bertz CT molecular complexity index is 470. The second kappa shape index (κ2) is 7.32. The molecule has 1 fully saturated rings. The lowest BCUT2D eigenvalue weighted by Crippen LogP contribution is -2.54. The smallest absolute Gasteiger partial charge is 0.0834 e. The zero-order valence-corrected chi connectivity index (χ0v) is 14.6. The van der Waals surface area contributed by atoms with Gasteiger partial charge in [0.1, 0.15) is 0 Å². The fourth-order valence-electron chi connectivity index (χ4n) is 3.42. The summed E-state index contributed by atoms with van der Waals surface area (Å²) in [6, 6.07) is 6.08. The summed E-state index contributed by atoms with van der Waals surface area (Å²) in [5.41, 5.74) is 0.978. The molecule has 0 saturated heterocycles. The van der Waals surface area contributed by atoms with Gasteiger partial charge in [0.2, 0.25) is 0 Å². The zero-order chi connectivity index (χ0) is 15.5. The number of methoxy groups -OCH3 is 1. The Morgan fingerprint density at radius 2 is 2.00 bits per heavy atom. The van der Waals surface area contributed by atoms with E-state index in [0.717, 1.165) is 30.7 Å². The van der Waals surface area contributed by atoms with Crippen molar-refractivity contribution in [3.63, 3.8) is 0 Å². The number of hydrogen-bond donors (Lipinski definition) is 1. The first kappa shape index (κ1) is 17.1. The molecular weight excluding hydrogens is 305 g/mol. The molecule has 1 aliphatic rings. The molecule has 21 heavy (non-hydrogen) atoms. The highest BCUT2D eigenvalue weighted by atomic mass is 35.5. The van der Waals surface area contributed by atoms with E-state index >= 15 is 0 Å². The monoisotopic (exact) mass is 329 g/mol. The van der Waals surface area contributed by atoms with Crippen molar-refractivity contribution < 1.29 is 4.74 Å². The van der Waals surface area contributed by atoms with E-state index in [-0.39, 0.29) is 11.6 Å². The van der Waals surface area contributed by atoms with Crippen molar-refractivity contribution in [1.82, 2.24) is 5.32 Å². The van der Waals surface area contributed by atoms with Gasteiger partial charge in [0.05, 0.1) is 15.6 Å². The number of likely N-dealkylation sites (N-methyl/N-ethyl adjacent to an activating group) is 1. The minimum Gasteiger partial charge on any atom is -0.377 e. The predicted octanol–water partition coefficient (Wildman–Crippen LogP) is 4.72.